The van der Waals surface area contributed by atoms with Gasteiger partial charge in [-0.05, 0) is 24.8 Å². The highest BCUT2D eigenvalue weighted by molar-refractivity contribution is 8.14. The zero-order valence-corrected chi connectivity index (χ0v) is 40.9. The third kappa shape index (κ3) is 20.9. The number of anilines is 1. The Hall–Kier alpha value is -2.70. The first-order valence-corrected chi connectivity index (χ1v) is 26.9. The standard InChI is InChI=1S/C38H66N7O17P3S/c1-26(2)16-14-12-10-8-6-5-7-9-11-13-15-17-29(47)66-21-20-40-28(46)18-19-41-36(50)33(49)38(3,4)23-59-65(56,57)62-64(54,55)58-22-27-32(61-63(51,52)53)31(48)37(60-27)45-25-44-30-34(39)42-24-43-35(30)45/h15,17,24-27,31-33,37,48-49H,5-14,16,18-23H2,1-4H3,(H,40,46)(H,41,50)(H,54,55)(H,56,57)(H2,39,42,43)(H2,51,52,53)/p-4/b17-15+/t27-,31-,32-,33+,37-/m1/s1. The van der Waals surface area contributed by atoms with Crippen molar-refractivity contribution in [2.24, 2.45) is 11.3 Å². The Kier molecular flexibility index (Phi) is 24.0. The molecule has 0 spiro atoms. The third-order valence-electron chi connectivity index (χ3n) is 10.1. The van der Waals surface area contributed by atoms with E-state index in [9.17, 15) is 57.9 Å². The van der Waals surface area contributed by atoms with Crippen molar-refractivity contribution in [2.45, 2.75) is 135 Å². The monoisotopic (exact) mass is 1010 g/mol. The van der Waals surface area contributed by atoms with Crippen LogP contribution in [0.4, 0.5) is 5.82 Å². The van der Waals surface area contributed by atoms with Gasteiger partial charge in [0.2, 0.25) is 16.9 Å². The largest absolute Gasteiger partial charge is 0.790 e. The second-order valence-corrected chi connectivity index (χ2v) is 21.9. The van der Waals surface area contributed by atoms with Gasteiger partial charge in [0.05, 0.1) is 27.4 Å². The molecular formula is C38H62N7O17P3S-4. The predicted molar refractivity (Wildman–Crippen MR) is 233 cm³/mol. The SMILES string of the molecule is CC(C)CCCCCCCCCCC/C=C/C(=O)SCCNC(=O)CCNC(=O)[C@H](O)C(C)(C)COP(=O)([O-])OP(=O)([O-])OC[C@H]1O[C@@H](n2cnc3c(N)ncnc32)[C@H](O)[C@@H]1OP(=O)([O-])[O-]. The number of nitrogens with two attached hydrogens (primary N) is 1. The normalized spacial score (nSPS) is 20.4. The van der Waals surface area contributed by atoms with Crippen molar-refractivity contribution in [2.75, 3.05) is 37.8 Å². The second kappa shape index (κ2) is 27.5. The number of amides is 2. The number of hydrogen-bond acceptors (Lipinski definition) is 22. The van der Waals surface area contributed by atoms with E-state index in [1.807, 2.05) is 6.08 Å². The molecule has 66 heavy (non-hydrogen) atoms. The van der Waals surface area contributed by atoms with E-state index in [2.05, 4.69) is 57.3 Å². The minimum absolute atomic E-state index is 0.0197. The first kappa shape index (κ1) is 57.6. The Morgan fingerprint density at radius 3 is 2.24 bits per heavy atom. The van der Waals surface area contributed by atoms with Crippen molar-refractivity contribution in [3.63, 3.8) is 0 Å². The number of unbranched alkanes of at least 4 members (excludes halogenated alkanes) is 9. The average molecular weight is 1010 g/mol. The van der Waals surface area contributed by atoms with Crippen LogP contribution in [0.3, 0.4) is 0 Å². The smallest absolute Gasteiger partial charge is 0.274 e. The molecule has 1 aliphatic rings. The summed E-state index contributed by atoms with van der Waals surface area (Å²) < 4.78 is 60.8. The van der Waals surface area contributed by atoms with Crippen molar-refractivity contribution in [3.05, 3.63) is 24.8 Å². The van der Waals surface area contributed by atoms with Crippen LogP contribution in [0.15, 0.2) is 24.8 Å². The Morgan fingerprint density at radius 1 is 0.955 bits per heavy atom. The number of carbonyl (C=O) groups is 3. The van der Waals surface area contributed by atoms with Crippen LogP contribution in [-0.2, 0) is 50.7 Å². The molecule has 376 valence electrons. The number of aliphatic hydroxyl groups is 2. The van der Waals surface area contributed by atoms with E-state index < -0.39 is 84.6 Å². The number of rotatable bonds is 32. The van der Waals surface area contributed by atoms with Gasteiger partial charge in [0.15, 0.2) is 17.7 Å². The Labute approximate surface area is 388 Å². The minimum Gasteiger partial charge on any atom is -0.790 e. The number of allylic oxidation sites excluding steroid dienone is 1. The maximum atomic E-state index is 12.6. The molecule has 0 bridgehead atoms. The van der Waals surface area contributed by atoms with Crippen molar-refractivity contribution in [1.82, 2.24) is 30.2 Å². The fraction of sp³-hybridized carbons (Fsp3) is 0.737. The minimum atomic E-state index is -5.92. The number of nitrogens with one attached hydrogen (secondary N) is 2. The summed E-state index contributed by atoms with van der Waals surface area (Å²) >= 11 is 1.06. The van der Waals surface area contributed by atoms with E-state index in [1.165, 1.54) is 71.3 Å². The van der Waals surface area contributed by atoms with Crippen LogP contribution >= 0.6 is 35.2 Å². The molecule has 3 heterocycles. The molecule has 0 aliphatic carbocycles. The highest BCUT2D eigenvalue weighted by Gasteiger charge is 2.47. The number of fused-ring (bicyclic) bond motifs is 1. The third-order valence-corrected chi connectivity index (χ3v) is 14.0. The van der Waals surface area contributed by atoms with Gasteiger partial charge in [0.25, 0.3) is 15.6 Å². The number of aliphatic hydroxyl groups excluding tert-OH is 2. The molecule has 1 saturated heterocycles. The Balaban J connectivity index is 1.33. The second-order valence-electron chi connectivity index (χ2n) is 16.7. The molecule has 0 aromatic carbocycles. The Bertz CT molecular complexity index is 2040. The summed E-state index contributed by atoms with van der Waals surface area (Å²) in [7, 11) is -17.6. The van der Waals surface area contributed by atoms with E-state index in [1.54, 1.807) is 0 Å². The van der Waals surface area contributed by atoms with Gasteiger partial charge in [-0.2, -0.15) is 0 Å². The molecule has 7 atom stereocenters. The molecule has 0 radical (unpaired) electrons. The lowest BCUT2D eigenvalue weighted by Crippen LogP contribution is -2.46. The summed E-state index contributed by atoms with van der Waals surface area (Å²) in [5.74, 6) is -0.428. The van der Waals surface area contributed by atoms with Gasteiger partial charge in [-0.15, -0.1) is 0 Å². The van der Waals surface area contributed by atoms with Crippen LogP contribution in [0.5, 0.6) is 0 Å². The van der Waals surface area contributed by atoms with Crippen LogP contribution in [0.25, 0.3) is 11.2 Å². The zero-order chi connectivity index (χ0) is 49.1. The van der Waals surface area contributed by atoms with Gasteiger partial charge in [-0.1, -0.05) is 103 Å². The van der Waals surface area contributed by atoms with Crippen LogP contribution < -0.4 is 35.9 Å². The first-order valence-electron chi connectivity index (χ1n) is 21.6. The summed E-state index contributed by atoms with van der Waals surface area (Å²) in [6.45, 7) is 4.64. The topological polar surface area (TPSA) is 375 Å². The van der Waals surface area contributed by atoms with E-state index in [0.29, 0.717) is 5.75 Å². The maximum Gasteiger partial charge on any atom is 0.274 e. The summed E-state index contributed by atoms with van der Waals surface area (Å²) in [4.78, 5) is 96.7. The lowest BCUT2D eigenvalue weighted by molar-refractivity contribution is -0.347. The van der Waals surface area contributed by atoms with E-state index in [-0.39, 0.29) is 41.6 Å². The van der Waals surface area contributed by atoms with Crippen molar-refractivity contribution in [3.8, 4) is 0 Å². The number of ether oxygens (including phenoxy) is 1. The highest BCUT2D eigenvalue weighted by atomic mass is 32.2. The molecule has 2 unspecified atom stereocenters. The van der Waals surface area contributed by atoms with Crippen LogP contribution in [-0.4, -0.2) is 103 Å². The summed E-state index contributed by atoms with van der Waals surface area (Å²) in [5.41, 5.74) is 4.08. The van der Waals surface area contributed by atoms with Gasteiger partial charge in [0.1, 0.15) is 36.3 Å². The van der Waals surface area contributed by atoms with Crippen LogP contribution in [0.2, 0.25) is 0 Å². The molecule has 0 saturated carbocycles. The molecule has 28 heteroatoms. The van der Waals surface area contributed by atoms with Gasteiger partial charge >= 0.3 is 0 Å². The number of hydrogen-bond donors (Lipinski definition) is 5. The number of carbonyl (C=O) groups excluding carboxylic acids is 3. The van der Waals surface area contributed by atoms with Gasteiger partial charge in [0, 0.05) is 30.7 Å². The zero-order valence-electron chi connectivity index (χ0n) is 37.4. The lowest BCUT2D eigenvalue weighted by atomic mass is 9.87. The highest BCUT2D eigenvalue weighted by Crippen LogP contribution is 2.56. The van der Waals surface area contributed by atoms with Gasteiger partial charge in [-0.3, -0.25) is 28.1 Å². The molecular weight excluding hydrogens is 951 g/mol. The van der Waals surface area contributed by atoms with Crippen LogP contribution in [0.1, 0.15) is 111 Å². The number of thioether (sulfide) groups is 1. The molecule has 2 aromatic rings. The predicted octanol–water partition coefficient (Wildman–Crippen LogP) is 1.64. The number of phosphoric acid groups is 3. The van der Waals surface area contributed by atoms with Gasteiger partial charge in [-0.25, -0.2) is 19.3 Å². The van der Waals surface area contributed by atoms with E-state index >= 15 is 0 Å². The Morgan fingerprint density at radius 2 is 1.59 bits per heavy atom. The number of aromatic nitrogens is 4. The molecule has 2 amide bonds. The van der Waals surface area contributed by atoms with E-state index in [4.69, 9.17) is 10.5 Å². The molecule has 1 aliphatic heterocycles. The van der Waals surface area contributed by atoms with Crippen molar-refractivity contribution < 1.29 is 80.5 Å². The van der Waals surface area contributed by atoms with E-state index in [0.717, 1.165) is 54.2 Å². The number of nitrogen functional groups attached to an aromatic ring is 1. The van der Waals surface area contributed by atoms with Gasteiger partial charge < -0.3 is 69.0 Å². The molecule has 6 N–H and O–H groups in total. The molecule has 2 aromatic heterocycles. The summed E-state index contributed by atoms with van der Waals surface area (Å²) in [6.07, 6.45) is 9.06. The van der Waals surface area contributed by atoms with Crippen molar-refractivity contribution >= 4 is 69.1 Å². The lowest BCUT2D eigenvalue weighted by Gasteiger charge is -2.36. The summed E-state index contributed by atoms with van der Waals surface area (Å²) in [6, 6.07) is 0. The number of imidazole rings is 1. The fourth-order valence-corrected chi connectivity index (χ4v) is 9.87. The summed E-state index contributed by atoms with van der Waals surface area (Å²) in [5, 5.41) is 26.3. The average Bonchev–Trinajstić information content (AvgIpc) is 3.79. The van der Waals surface area contributed by atoms with Crippen molar-refractivity contribution in [1.29, 1.82) is 0 Å². The number of nitrogens with zero attached hydrogens (tertiary/aromatic N) is 4. The van der Waals surface area contributed by atoms with Crippen LogP contribution in [0, 0.1) is 11.3 Å². The first-order chi connectivity index (χ1) is 30.9. The maximum absolute atomic E-state index is 12.6. The fourth-order valence-electron chi connectivity index (χ4n) is 6.54. The quantitative estimate of drug-likeness (QED) is 0.0395. The number of phosphoric ester groups is 3. The molecule has 3 rings (SSSR count). The molecule has 24 nitrogen and oxygen atoms in total. The molecule has 1 fully saturated rings.